The average molecular weight is 466 g/mol. The summed E-state index contributed by atoms with van der Waals surface area (Å²) >= 11 is 3.58. The normalized spacial score (nSPS) is 13.4. The molecule has 0 bridgehead atoms. The van der Waals surface area contributed by atoms with Gasteiger partial charge >= 0.3 is 0 Å². The Hall–Kier alpha value is -2.90. The van der Waals surface area contributed by atoms with Gasteiger partial charge in [-0.15, -0.1) is 0 Å². The molecule has 5 rings (SSSR count). The molecular weight excluding hydrogens is 446 g/mol. The van der Waals surface area contributed by atoms with Gasteiger partial charge in [-0.1, -0.05) is 28.1 Å². The van der Waals surface area contributed by atoms with E-state index in [-0.39, 0.29) is 12.5 Å². The number of fused-ring (bicyclic) bond motifs is 3. The van der Waals surface area contributed by atoms with E-state index in [0.29, 0.717) is 37.6 Å². The molecule has 0 spiro atoms. The van der Waals surface area contributed by atoms with Gasteiger partial charge in [0, 0.05) is 47.2 Å². The summed E-state index contributed by atoms with van der Waals surface area (Å²) in [6, 6.07) is 13.8. The van der Waals surface area contributed by atoms with E-state index in [4.69, 9.17) is 9.84 Å². The van der Waals surface area contributed by atoms with Crippen molar-refractivity contribution in [3.63, 3.8) is 0 Å². The fourth-order valence-electron chi connectivity index (χ4n) is 4.07. The van der Waals surface area contributed by atoms with E-state index >= 15 is 0 Å². The number of aliphatic hydroxyl groups excluding tert-OH is 1. The van der Waals surface area contributed by atoms with Crippen molar-refractivity contribution >= 4 is 43.6 Å². The molecule has 0 saturated heterocycles. The molecule has 152 valence electrons. The number of aromatic nitrogens is 2. The smallest absolute Gasteiger partial charge is 0.257 e. The van der Waals surface area contributed by atoms with Gasteiger partial charge in [-0.25, -0.2) is 0 Å². The Morgan fingerprint density at radius 3 is 2.87 bits per heavy atom. The average Bonchev–Trinajstić information content (AvgIpc) is 3.05. The largest absolute Gasteiger partial charge is 0.493 e. The highest BCUT2D eigenvalue weighted by molar-refractivity contribution is 9.10. The summed E-state index contributed by atoms with van der Waals surface area (Å²) in [5.74, 6) is 0.621. The molecule has 1 amide bonds. The third-order valence-corrected chi connectivity index (χ3v) is 5.88. The van der Waals surface area contributed by atoms with Crippen LogP contribution in [0.15, 0.2) is 59.3 Å². The lowest BCUT2D eigenvalue weighted by molar-refractivity contribution is 0.0678. The zero-order valence-corrected chi connectivity index (χ0v) is 17.8. The third kappa shape index (κ3) is 3.24. The molecule has 30 heavy (non-hydrogen) atoms. The highest BCUT2D eigenvalue weighted by Crippen LogP contribution is 2.38. The molecule has 1 aliphatic heterocycles. The Morgan fingerprint density at radius 1 is 1.17 bits per heavy atom. The van der Waals surface area contributed by atoms with Gasteiger partial charge in [0.1, 0.15) is 5.75 Å². The summed E-state index contributed by atoms with van der Waals surface area (Å²) in [5.41, 5.74) is 3.62. The number of aliphatic hydroxyl groups is 1. The van der Waals surface area contributed by atoms with Gasteiger partial charge in [-0.05, 0) is 35.9 Å². The van der Waals surface area contributed by atoms with Crippen molar-refractivity contribution in [3.05, 3.63) is 70.5 Å². The predicted octanol–water partition coefficient (Wildman–Crippen LogP) is 4.33. The summed E-state index contributed by atoms with van der Waals surface area (Å²) in [6.45, 7) is 1.43. The van der Waals surface area contributed by atoms with Gasteiger partial charge in [0.05, 0.1) is 29.9 Å². The molecule has 1 aliphatic rings. The van der Waals surface area contributed by atoms with E-state index < -0.39 is 0 Å². The van der Waals surface area contributed by atoms with Crippen LogP contribution in [0.25, 0.3) is 21.8 Å². The first-order valence-electron chi connectivity index (χ1n) is 9.83. The molecule has 2 aromatic heterocycles. The number of carbonyl (C=O) groups excluding carboxylic acids is 1. The Kier molecular flexibility index (Phi) is 4.92. The lowest BCUT2D eigenvalue weighted by atomic mass is 10.1. The van der Waals surface area contributed by atoms with Crippen LogP contribution in [0.5, 0.6) is 5.75 Å². The number of pyridine rings is 1. The van der Waals surface area contributed by atoms with E-state index in [9.17, 15) is 4.79 Å². The second-order valence-electron chi connectivity index (χ2n) is 7.39. The standard InChI is InChI=1S/C23H20BrN3O3/c24-16-4-5-18-19-10-17(30-8-2-7-28)11-20-22(19)27(21(18)9-16)14-26(23(20)29)13-15-3-1-6-25-12-15/h1,3-6,9-12,28H,2,7-8,13-14H2. The van der Waals surface area contributed by atoms with Gasteiger partial charge in [-0.2, -0.15) is 0 Å². The topological polar surface area (TPSA) is 67.6 Å². The lowest BCUT2D eigenvalue weighted by Gasteiger charge is -2.29. The van der Waals surface area contributed by atoms with Crippen LogP contribution in [0.4, 0.5) is 0 Å². The summed E-state index contributed by atoms with van der Waals surface area (Å²) in [6.07, 6.45) is 4.06. The van der Waals surface area contributed by atoms with Crippen molar-refractivity contribution in [2.75, 3.05) is 13.2 Å². The Labute approximate surface area is 181 Å². The minimum Gasteiger partial charge on any atom is -0.493 e. The highest BCUT2D eigenvalue weighted by Gasteiger charge is 2.29. The zero-order valence-electron chi connectivity index (χ0n) is 16.2. The minimum atomic E-state index is -0.0224. The van der Waals surface area contributed by atoms with Crippen LogP contribution in [0.1, 0.15) is 22.3 Å². The number of ether oxygens (including phenoxy) is 1. The van der Waals surface area contributed by atoms with Crippen LogP contribution in [0, 0.1) is 0 Å². The number of benzene rings is 2. The summed E-state index contributed by atoms with van der Waals surface area (Å²) in [4.78, 5) is 19.4. The van der Waals surface area contributed by atoms with Crippen molar-refractivity contribution in [1.82, 2.24) is 14.5 Å². The third-order valence-electron chi connectivity index (χ3n) is 5.39. The summed E-state index contributed by atoms with van der Waals surface area (Å²) in [5, 5.41) is 11.1. The monoisotopic (exact) mass is 465 g/mol. The number of rotatable bonds is 6. The van der Waals surface area contributed by atoms with Crippen LogP contribution in [0.3, 0.4) is 0 Å². The lowest BCUT2D eigenvalue weighted by Crippen LogP contribution is -2.36. The van der Waals surface area contributed by atoms with Crippen LogP contribution >= 0.6 is 15.9 Å². The Bertz CT molecular complexity index is 1250. The van der Waals surface area contributed by atoms with Crippen LogP contribution in [-0.4, -0.2) is 38.7 Å². The van der Waals surface area contributed by atoms with Gasteiger partial charge in [0.2, 0.25) is 0 Å². The molecule has 0 atom stereocenters. The van der Waals surface area contributed by atoms with E-state index in [2.05, 4.69) is 37.6 Å². The quantitative estimate of drug-likeness (QED) is 0.430. The Balaban J connectivity index is 1.66. The first-order chi connectivity index (χ1) is 14.7. The summed E-state index contributed by atoms with van der Waals surface area (Å²) < 4.78 is 9.03. The fraction of sp³-hybridized carbons (Fsp3) is 0.217. The molecule has 2 aromatic carbocycles. The van der Waals surface area contributed by atoms with Crippen molar-refractivity contribution in [2.24, 2.45) is 0 Å². The maximum absolute atomic E-state index is 13.4. The number of amides is 1. The molecule has 4 aromatic rings. The number of carbonyl (C=O) groups is 1. The predicted molar refractivity (Wildman–Crippen MR) is 118 cm³/mol. The number of nitrogens with zero attached hydrogens (tertiary/aromatic N) is 3. The summed E-state index contributed by atoms with van der Waals surface area (Å²) in [7, 11) is 0. The van der Waals surface area contributed by atoms with Gasteiger partial charge < -0.3 is 19.3 Å². The maximum atomic E-state index is 13.4. The first kappa shape index (κ1) is 19.1. The molecule has 0 radical (unpaired) electrons. The van der Waals surface area contributed by atoms with Crippen LogP contribution < -0.4 is 4.74 Å². The molecule has 3 heterocycles. The van der Waals surface area contributed by atoms with Crippen molar-refractivity contribution in [2.45, 2.75) is 19.6 Å². The van der Waals surface area contributed by atoms with Crippen molar-refractivity contribution in [3.8, 4) is 5.75 Å². The number of hydrogen-bond donors (Lipinski definition) is 1. The van der Waals surface area contributed by atoms with Crippen LogP contribution in [0.2, 0.25) is 0 Å². The van der Waals surface area contributed by atoms with Crippen molar-refractivity contribution in [1.29, 1.82) is 0 Å². The molecular formula is C23H20BrN3O3. The minimum absolute atomic E-state index is 0.0224. The van der Waals surface area contributed by atoms with E-state index in [1.54, 1.807) is 12.4 Å². The molecule has 0 fully saturated rings. The highest BCUT2D eigenvalue weighted by atomic mass is 79.9. The SMILES string of the molecule is O=C1c2cc(OCCCO)cc3c4ccc(Br)cc4n(c23)CN1Cc1cccnc1. The van der Waals surface area contributed by atoms with Gasteiger partial charge in [-0.3, -0.25) is 9.78 Å². The number of hydrogen-bond acceptors (Lipinski definition) is 4. The van der Waals surface area contributed by atoms with Gasteiger partial charge in [0.15, 0.2) is 0 Å². The fourth-order valence-corrected chi connectivity index (χ4v) is 4.42. The zero-order chi connectivity index (χ0) is 20.7. The van der Waals surface area contributed by atoms with Crippen molar-refractivity contribution < 1.29 is 14.6 Å². The number of halogens is 1. The van der Waals surface area contributed by atoms with E-state index in [1.165, 1.54) is 0 Å². The van der Waals surface area contributed by atoms with E-state index in [0.717, 1.165) is 31.8 Å². The molecule has 0 aliphatic carbocycles. The molecule has 0 saturated carbocycles. The molecule has 6 nitrogen and oxygen atoms in total. The van der Waals surface area contributed by atoms with Gasteiger partial charge in [0.25, 0.3) is 5.91 Å². The molecule has 7 heteroatoms. The second kappa shape index (κ2) is 7.74. The molecule has 1 N–H and O–H groups in total. The Morgan fingerprint density at radius 2 is 2.07 bits per heavy atom. The maximum Gasteiger partial charge on any atom is 0.257 e. The molecule has 0 unspecified atom stereocenters. The first-order valence-corrected chi connectivity index (χ1v) is 10.6. The van der Waals surface area contributed by atoms with Crippen LogP contribution in [-0.2, 0) is 13.2 Å². The second-order valence-corrected chi connectivity index (χ2v) is 8.30. The van der Waals surface area contributed by atoms with E-state index in [1.807, 2.05) is 35.2 Å².